The van der Waals surface area contributed by atoms with Crippen molar-refractivity contribution >= 4 is 93.3 Å². The Kier molecular flexibility index (Phi) is 3.29. The van der Waals surface area contributed by atoms with Crippen LogP contribution in [-0.4, -0.2) is 15.9 Å². The Morgan fingerprint density at radius 1 is 0.675 bits per heavy atom. The maximum absolute atomic E-state index is 6.60. The van der Waals surface area contributed by atoms with E-state index in [1.807, 2.05) is 11.3 Å². The van der Waals surface area contributed by atoms with Gasteiger partial charge in [0.15, 0.2) is 5.58 Å². The van der Waals surface area contributed by atoms with Crippen molar-refractivity contribution in [2.24, 2.45) is 0 Å². The molecule has 0 fully saturated rings. The molecule has 40 heavy (non-hydrogen) atoms. The van der Waals surface area contributed by atoms with Gasteiger partial charge < -0.3 is 13.5 Å². The molecular weight excluding hydrogens is 507 g/mol. The van der Waals surface area contributed by atoms with Gasteiger partial charge in [-0.2, -0.15) is 0 Å². The van der Waals surface area contributed by atoms with E-state index in [2.05, 4.69) is 113 Å². The number of aromatic nitrogens is 2. The summed E-state index contributed by atoms with van der Waals surface area (Å²) in [5, 5.41) is 5.05. The second-order valence-electron chi connectivity index (χ2n) is 11.4. The highest BCUT2D eigenvalue weighted by Gasteiger charge is 2.42. The second kappa shape index (κ2) is 6.52. The topological polar surface area (TPSA) is 23.0 Å². The van der Waals surface area contributed by atoms with Crippen molar-refractivity contribution in [3.63, 3.8) is 0 Å². The summed E-state index contributed by atoms with van der Waals surface area (Å²) in [5.74, 6) is 0. The Morgan fingerprint density at radius 2 is 1.48 bits per heavy atom. The van der Waals surface area contributed by atoms with Crippen LogP contribution in [0.25, 0.3) is 81.0 Å². The van der Waals surface area contributed by atoms with Gasteiger partial charge in [-0.25, -0.2) is 0 Å². The Balaban J connectivity index is 1.44. The van der Waals surface area contributed by atoms with Crippen molar-refractivity contribution in [3.8, 4) is 16.8 Å². The highest BCUT2D eigenvalue weighted by molar-refractivity contribution is 7.26. The standard InChI is InChI=1S/C35H19BN2OS/c1-18-16-24-19-10-6-11-22-30(19)38(32-20-8-2-4-14-27(20)39-34(22)32)36-25-13-7-12-23-31(25)37(26(17-18)29(24)36)33-21-9-3-5-15-28(21)40-35(23)33/h2-17H,1H3. The van der Waals surface area contributed by atoms with Crippen molar-refractivity contribution in [3.05, 3.63) is 103 Å². The molecule has 0 saturated carbocycles. The lowest BCUT2D eigenvalue weighted by atomic mass is 9.45. The maximum atomic E-state index is 6.60. The minimum Gasteiger partial charge on any atom is -0.454 e. The monoisotopic (exact) mass is 526 g/mol. The molecule has 0 N–H and O–H groups in total. The summed E-state index contributed by atoms with van der Waals surface area (Å²) in [7, 11) is 0. The summed E-state index contributed by atoms with van der Waals surface area (Å²) in [4.78, 5) is 0. The number of fused-ring (bicyclic) bond motifs is 14. The number of benzene rings is 5. The zero-order chi connectivity index (χ0) is 25.9. The molecule has 184 valence electrons. The first kappa shape index (κ1) is 20.2. The molecule has 2 aliphatic rings. The Hall–Kier alpha value is -4.74. The van der Waals surface area contributed by atoms with E-state index in [-0.39, 0.29) is 6.85 Å². The number of hydrogen-bond donors (Lipinski definition) is 0. The number of para-hydroxylation sites is 3. The molecule has 2 aliphatic heterocycles. The summed E-state index contributed by atoms with van der Waals surface area (Å²) in [6.07, 6.45) is 0. The predicted molar refractivity (Wildman–Crippen MR) is 170 cm³/mol. The highest BCUT2D eigenvalue weighted by Crippen LogP contribution is 2.47. The first-order chi connectivity index (χ1) is 19.8. The molecule has 5 aromatic carbocycles. The van der Waals surface area contributed by atoms with Crippen LogP contribution in [0.3, 0.4) is 0 Å². The summed E-state index contributed by atoms with van der Waals surface area (Å²) in [5.41, 5.74) is 15.1. The van der Waals surface area contributed by atoms with Gasteiger partial charge in [0.25, 0.3) is 0 Å². The fourth-order valence-corrected chi connectivity index (χ4v) is 9.14. The molecule has 0 aliphatic carbocycles. The molecule has 6 heterocycles. The van der Waals surface area contributed by atoms with Crippen LogP contribution in [0.2, 0.25) is 0 Å². The molecule has 5 heteroatoms. The van der Waals surface area contributed by atoms with Crippen LogP contribution < -0.4 is 10.9 Å². The van der Waals surface area contributed by atoms with Gasteiger partial charge in [-0.1, -0.05) is 66.7 Å². The first-order valence-electron chi connectivity index (χ1n) is 13.8. The maximum Gasteiger partial charge on any atom is 0.333 e. The van der Waals surface area contributed by atoms with Crippen LogP contribution in [0, 0.1) is 6.92 Å². The number of thiophene rings is 1. The summed E-state index contributed by atoms with van der Waals surface area (Å²) in [6.45, 7) is 2.30. The molecule has 0 spiro atoms. The quantitative estimate of drug-likeness (QED) is 0.183. The number of furan rings is 1. The van der Waals surface area contributed by atoms with Gasteiger partial charge in [-0.15, -0.1) is 11.3 Å². The fraction of sp³-hybridized carbons (Fsp3) is 0.0286. The number of rotatable bonds is 0. The van der Waals surface area contributed by atoms with Gasteiger partial charge in [0.2, 0.25) is 0 Å². The highest BCUT2D eigenvalue weighted by atomic mass is 32.1. The van der Waals surface area contributed by atoms with Gasteiger partial charge in [-0.05, 0) is 59.3 Å². The molecule has 3 nitrogen and oxygen atoms in total. The van der Waals surface area contributed by atoms with Crippen LogP contribution >= 0.6 is 11.3 Å². The normalized spacial score (nSPS) is 13.6. The molecular formula is C35H19BN2OS. The van der Waals surface area contributed by atoms with E-state index < -0.39 is 0 Å². The van der Waals surface area contributed by atoms with Gasteiger partial charge >= 0.3 is 6.85 Å². The lowest BCUT2D eigenvalue weighted by Crippen LogP contribution is -2.55. The van der Waals surface area contributed by atoms with Crippen LogP contribution in [-0.2, 0) is 0 Å². The smallest absolute Gasteiger partial charge is 0.333 e. The second-order valence-corrected chi connectivity index (χ2v) is 12.4. The third-order valence-corrected chi connectivity index (χ3v) is 10.5. The fourth-order valence-electron chi connectivity index (χ4n) is 7.93. The van der Waals surface area contributed by atoms with Crippen molar-refractivity contribution < 1.29 is 4.42 Å². The molecule has 0 amide bonds. The zero-order valence-corrected chi connectivity index (χ0v) is 22.3. The molecule has 0 radical (unpaired) electrons. The molecule has 0 saturated heterocycles. The van der Waals surface area contributed by atoms with Crippen molar-refractivity contribution in [1.82, 2.24) is 9.05 Å². The lowest BCUT2D eigenvalue weighted by Gasteiger charge is -2.34. The number of hydrogen-bond acceptors (Lipinski definition) is 2. The van der Waals surface area contributed by atoms with Crippen molar-refractivity contribution in [1.29, 1.82) is 0 Å². The molecule has 0 atom stereocenters. The molecule has 4 aromatic heterocycles. The average Bonchev–Trinajstić information content (AvgIpc) is 3.71. The first-order valence-corrected chi connectivity index (χ1v) is 14.6. The molecule has 0 unspecified atom stereocenters. The largest absolute Gasteiger partial charge is 0.454 e. The molecule has 11 rings (SSSR count). The van der Waals surface area contributed by atoms with E-state index in [0.29, 0.717) is 0 Å². The zero-order valence-electron chi connectivity index (χ0n) is 21.5. The van der Waals surface area contributed by atoms with Gasteiger partial charge in [0.05, 0.1) is 21.3 Å². The van der Waals surface area contributed by atoms with E-state index in [4.69, 9.17) is 4.42 Å². The van der Waals surface area contributed by atoms with Crippen LogP contribution in [0.4, 0.5) is 0 Å². The van der Waals surface area contributed by atoms with E-state index in [0.717, 1.165) is 11.2 Å². The SMILES string of the molecule is Cc1cc2c3c(c1)-n1c4c(cccc4c4sc5ccccc5c41)B3n1c3c-2cccc3c2oc3ccccc3c21. The van der Waals surface area contributed by atoms with E-state index in [1.165, 1.54) is 86.3 Å². The Bertz CT molecular complexity index is 2630. The average molecular weight is 526 g/mol. The lowest BCUT2D eigenvalue weighted by molar-refractivity contribution is 0.673. The summed E-state index contributed by atoms with van der Waals surface area (Å²) < 4.78 is 14.5. The van der Waals surface area contributed by atoms with E-state index >= 15 is 0 Å². The number of aryl methyl sites for hydroxylation is 1. The Morgan fingerprint density at radius 3 is 2.42 bits per heavy atom. The predicted octanol–water partition coefficient (Wildman–Crippen LogP) is 8.11. The minimum absolute atomic E-state index is 0.0629. The van der Waals surface area contributed by atoms with Crippen LogP contribution in [0.1, 0.15) is 5.56 Å². The van der Waals surface area contributed by atoms with Gasteiger partial charge in [-0.3, -0.25) is 0 Å². The van der Waals surface area contributed by atoms with E-state index in [1.54, 1.807) is 0 Å². The van der Waals surface area contributed by atoms with Crippen molar-refractivity contribution in [2.45, 2.75) is 6.92 Å². The van der Waals surface area contributed by atoms with Crippen LogP contribution in [0.5, 0.6) is 0 Å². The third-order valence-electron chi connectivity index (χ3n) is 9.32. The van der Waals surface area contributed by atoms with Crippen LogP contribution in [0.15, 0.2) is 101 Å². The van der Waals surface area contributed by atoms with Gasteiger partial charge in [0.1, 0.15) is 5.58 Å². The molecule has 0 bridgehead atoms. The summed E-state index contributed by atoms with van der Waals surface area (Å²) in [6, 6.07) is 35.8. The van der Waals surface area contributed by atoms with E-state index in [9.17, 15) is 0 Å². The molecule has 9 aromatic rings. The van der Waals surface area contributed by atoms with Gasteiger partial charge in [0, 0.05) is 43.0 Å². The third kappa shape index (κ3) is 2.07. The summed E-state index contributed by atoms with van der Waals surface area (Å²) >= 11 is 1.92. The van der Waals surface area contributed by atoms with Crippen molar-refractivity contribution in [2.75, 3.05) is 0 Å². The Labute approximate surface area is 232 Å². The minimum atomic E-state index is 0.0629. The number of nitrogens with zero attached hydrogens (tertiary/aromatic N) is 2.